The van der Waals surface area contributed by atoms with E-state index < -0.39 is 12.1 Å². The lowest BCUT2D eigenvalue weighted by molar-refractivity contribution is -0.136. The third kappa shape index (κ3) is 7.92. The van der Waals surface area contributed by atoms with Gasteiger partial charge in [-0.15, -0.1) is 0 Å². The Morgan fingerprint density at radius 2 is 1.68 bits per heavy atom. The number of hydrogen-bond donors (Lipinski definition) is 3. The van der Waals surface area contributed by atoms with Crippen LogP contribution in [0, 0.1) is 0 Å². The van der Waals surface area contributed by atoms with Crippen LogP contribution in [-0.2, 0) is 22.4 Å². The summed E-state index contributed by atoms with van der Waals surface area (Å²) in [6.45, 7) is 2.28. The minimum atomic E-state index is -0.783. The molecule has 0 aromatic heterocycles. The van der Waals surface area contributed by atoms with Gasteiger partial charge in [-0.25, -0.2) is 0 Å². The van der Waals surface area contributed by atoms with E-state index in [4.69, 9.17) is 33.7 Å². The zero-order valence-corrected chi connectivity index (χ0v) is 24.6. The molecular formula is C31H36Cl2N4O4. The van der Waals surface area contributed by atoms with E-state index in [-0.39, 0.29) is 31.2 Å². The minimum absolute atomic E-state index is 0.125. The van der Waals surface area contributed by atoms with Crippen LogP contribution in [0.1, 0.15) is 29.2 Å². The van der Waals surface area contributed by atoms with Gasteiger partial charge in [0, 0.05) is 73.3 Å². The highest BCUT2D eigenvalue weighted by Crippen LogP contribution is 2.32. The molecule has 1 unspecified atom stereocenters. The fraction of sp³-hybridized carbons (Fsp3) is 0.355. The first-order valence-electron chi connectivity index (χ1n) is 13.7. The lowest BCUT2D eigenvalue weighted by Crippen LogP contribution is -2.56. The van der Waals surface area contributed by atoms with Gasteiger partial charge in [-0.2, -0.15) is 0 Å². The van der Waals surface area contributed by atoms with E-state index in [0.29, 0.717) is 42.6 Å². The standard InChI is InChI=1S/C31H36Cl2N4O4/c1-41-29-9-5-2-6-22(29)19-28(38)24-7-3-4-8-27(24)36-14-16-37(17-15-36)31(40)26(35-30(39)12-13-34)18-21-10-11-23(32)20-25(21)33/h2-11,20,26,28,38H,12-19,34H2,1H3,(H,35,39)/t26-,28?/m1/s1. The largest absolute Gasteiger partial charge is 0.496 e. The van der Waals surface area contributed by atoms with Crippen molar-refractivity contribution in [1.29, 1.82) is 0 Å². The Bertz CT molecular complexity index is 1350. The number of aliphatic hydroxyl groups is 1. The third-order valence-electron chi connectivity index (χ3n) is 7.28. The molecule has 41 heavy (non-hydrogen) atoms. The van der Waals surface area contributed by atoms with Gasteiger partial charge in [-0.05, 0) is 35.4 Å². The highest BCUT2D eigenvalue weighted by molar-refractivity contribution is 6.35. The van der Waals surface area contributed by atoms with E-state index in [1.807, 2.05) is 48.5 Å². The van der Waals surface area contributed by atoms with E-state index in [9.17, 15) is 14.7 Å². The number of aliphatic hydroxyl groups excluding tert-OH is 1. The SMILES string of the molecule is COc1ccccc1CC(O)c1ccccc1N1CCN(C(=O)[C@@H](Cc2ccc(Cl)cc2Cl)NC(=O)CCN)CC1. The molecule has 218 valence electrons. The predicted molar refractivity (Wildman–Crippen MR) is 163 cm³/mol. The van der Waals surface area contributed by atoms with Gasteiger partial charge < -0.3 is 30.7 Å². The van der Waals surface area contributed by atoms with Crippen molar-refractivity contribution in [2.45, 2.75) is 31.4 Å². The monoisotopic (exact) mass is 598 g/mol. The van der Waals surface area contributed by atoms with Gasteiger partial charge in [0.1, 0.15) is 11.8 Å². The maximum Gasteiger partial charge on any atom is 0.245 e. The van der Waals surface area contributed by atoms with Gasteiger partial charge in [0.25, 0.3) is 0 Å². The molecule has 3 aromatic carbocycles. The van der Waals surface area contributed by atoms with Gasteiger partial charge in [0.05, 0.1) is 13.2 Å². The molecule has 0 saturated carbocycles. The number of nitrogens with zero attached hydrogens (tertiary/aromatic N) is 2. The molecular weight excluding hydrogens is 563 g/mol. The zero-order chi connectivity index (χ0) is 29.4. The van der Waals surface area contributed by atoms with Gasteiger partial charge in [0.2, 0.25) is 11.8 Å². The molecule has 8 nitrogen and oxygen atoms in total. The number of hydrogen-bond acceptors (Lipinski definition) is 6. The first-order chi connectivity index (χ1) is 19.8. The molecule has 2 atom stereocenters. The van der Waals surface area contributed by atoms with Crippen molar-refractivity contribution in [3.63, 3.8) is 0 Å². The van der Waals surface area contributed by atoms with Crippen molar-refractivity contribution in [3.8, 4) is 5.75 Å². The molecule has 0 spiro atoms. The number of carbonyl (C=O) groups excluding carboxylic acids is 2. The minimum Gasteiger partial charge on any atom is -0.496 e. The molecule has 1 fully saturated rings. The molecule has 10 heteroatoms. The summed E-state index contributed by atoms with van der Waals surface area (Å²) in [5, 5.41) is 15.0. The Morgan fingerprint density at radius 3 is 2.39 bits per heavy atom. The number of rotatable bonds is 11. The number of para-hydroxylation sites is 2. The second-order valence-electron chi connectivity index (χ2n) is 10.0. The number of ether oxygens (including phenoxy) is 1. The maximum absolute atomic E-state index is 13.6. The van der Waals surface area contributed by atoms with Crippen LogP contribution in [0.5, 0.6) is 5.75 Å². The molecule has 0 bridgehead atoms. The van der Waals surface area contributed by atoms with E-state index in [1.165, 1.54) is 0 Å². The van der Waals surface area contributed by atoms with Crippen molar-refractivity contribution in [2.24, 2.45) is 5.73 Å². The Hall–Kier alpha value is -3.30. The van der Waals surface area contributed by atoms with Crippen molar-refractivity contribution in [3.05, 3.63) is 93.5 Å². The van der Waals surface area contributed by atoms with E-state index in [0.717, 1.165) is 28.1 Å². The van der Waals surface area contributed by atoms with Crippen LogP contribution < -0.4 is 20.7 Å². The van der Waals surface area contributed by atoms with E-state index in [2.05, 4.69) is 10.2 Å². The summed E-state index contributed by atoms with van der Waals surface area (Å²) >= 11 is 12.4. The Labute approximate surface area is 251 Å². The van der Waals surface area contributed by atoms with Crippen LogP contribution in [0.2, 0.25) is 10.0 Å². The topological polar surface area (TPSA) is 108 Å². The average molecular weight is 600 g/mol. The first kappa shape index (κ1) is 30.7. The lowest BCUT2D eigenvalue weighted by atomic mass is 9.98. The van der Waals surface area contributed by atoms with Crippen LogP contribution >= 0.6 is 23.2 Å². The predicted octanol–water partition coefficient (Wildman–Crippen LogP) is 4.00. The van der Waals surface area contributed by atoms with Crippen LogP contribution in [0.25, 0.3) is 0 Å². The summed E-state index contributed by atoms with van der Waals surface area (Å²) in [7, 11) is 1.62. The van der Waals surface area contributed by atoms with E-state index in [1.54, 1.807) is 30.2 Å². The highest BCUT2D eigenvalue weighted by Gasteiger charge is 2.30. The summed E-state index contributed by atoms with van der Waals surface area (Å²) in [5.74, 6) is 0.280. The number of benzene rings is 3. The lowest BCUT2D eigenvalue weighted by Gasteiger charge is -2.39. The molecule has 2 amide bonds. The maximum atomic E-state index is 13.6. The zero-order valence-electron chi connectivity index (χ0n) is 23.1. The average Bonchev–Trinajstić information content (AvgIpc) is 2.98. The smallest absolute Gasteiger partial charge is 0.245 e. The highest BCUT2D eigenvalue weighted by atomic mass is 35.5. The van der Waals surface area contributed by atoms with Crippen molar-refractivity contribution in [2.75, 3.05) is 44.7 Å². The molecule has 1 aliphatic heterocycles. The fourth-order valence-corrected chi connectivity index (χ4v) is 5.63. The number of methoxy groups -OCH3 is 1. The van der Waals surface area contributed by atoms with Crippen LogP contribution in [0.4, 0.5) is 5.69 Å². The second kappa shape index (κ2) is 14.5. The summed E-state index contributed by atoms with van der Waals surface area (Å²) in [6.07, 6.45) is 0.0496. The molecule has 3 aromatic rings. The summed E-state index contributed by atoms with van der Waals surface area (Å²) in [5.41, 5.74) is 8.96. The van der Waals surface area contributed by atoms with Crippen molar-refractivity contribution < 1.29 is 19.4 Å². The quantitative estimate of drug-likeness (QED) is 0.308. The first-order valence-corrected chi connectivity index (χ1v) is 14.4. The van der Waals surface area contributed by atoms with Crippen molar-refractivity contribution >= 4 is 40.7 Å². The van der Waals surface area contributed by atoms with Gasteiger partial charge >= 0.3 is 0 Å². The van der Waals surface area contributed by atoms with Crippen LogP contribution in [0.3, 0.4) is 0 Å². The third-order valence-corrected chi connectivity index (χ3v) is 7.86. The summed E-state index contributed by atoms with van der Waals surface area (Å²) < 4.78 is 5.46. The molecule has 0 aliphatic carbocycles. The molecule has 1 aliphatic rings. The normalized spacial score (nSPS) is 14.9. The molecule has 4 N–H and O–H groups in total. The van der Waals surface area contributed by atoms with Crippen molar-refractivity contribution in [1.82, 2.24) is 10.2 Å². The molecule has 4 rings (SSSR count). The Kier molecular flexibility index (Phi) is 10.9. The number of nitrogens with one attached hydrogen (secondary N) is 1. The summed E-state index contributed by atoms with van der Waals surface area (Å²) in [4.78, 5) is 30.0. The number of halogens is 2. The van der Waals surface area contributed by atoms with Gasteiger partial charge in [-0.1, -0.05) is 65.7 Å². The van der Waals surface area contributed by atoms with E-state index >= 15 is 0 Å². The Morgan fingerprint density at radius 1 is 0.976 bits per heavy atom. The summed E-state index contributed by atoms with van der Waals surface area (Å²) in [6, 6.07) is 19.8. The number of amides is 2. The molecule has 1 heterocycles. The van der Waals surface area contributed by atoms with Crippen LogP contribution in [-0.4, -0.2) is 67.7 Å². The Balaban J connectivity index is 1.45. The molecule has 1 saturated heterocycles. The number of anilines is 1. The van der Waals surface area contributed by atoms with Gasteiger partial charge in [0.15, 0.2) is 0 Å². The van der Waals surface area contributed by atoms with Gasteiger partial charge in [-0.3, -0.25) is 9.59 Å². The number of carbonyl (C=O) groups is 2. The second-order valence-corrected chi connectivity index (χ2v) is 10.8. The van der Waals surface area contributed by atoms with Crippen LogP contribution in [0.15, 0.2) is 66.7 Å². The fourth-order valence-electron chi connectivity index (χ4n) is 5.14. The number of nitrogens with two attached hydrogens (primary N) is 1. The number of piperazine rings is 1. The molecule has 0 radical (unpaired) electrons.